The minimum atomic E-state index is -3.11. The van der Waals surface area contributed by atoms with Crippen LogP contribution in [0.25, 0.3) is 0 Å². The molecular weight excluding hydrogens is 286 g/mol. The predicted molar refractivity (Wildman–Crippen MR) is 72.6 cm³/mol. The third-order valence-electron chi connectivity index (χ3n) is 2.43. The molecule has 1 aromatic carbocycles. The molecule has 0 bridgehead atoms. The summed E-state index contributed by atoms with van der Waals surface area (Å²) in [6, 6.07) is 3.65. The molecule has 110 valence electrons. The molecule has 0 aliphatic rings. The molecule has 0 atom stereocenters. The zero-order valence-electron chi connectivity index (χ0n) is 10.8. The summed E-state index contributed by atoms with van der Waals surface area (Å²) in [5.74, 6) is -2.21. The number of nitrogens with one attached hydrogen (secondary N) is 1. The largest absolute Gasteiger partial charge is 0.507 e. The molecule has 0 heterocycles. The third-order valence-corrected chi connectivity index (χ3v) is 3.46. The summed E-state index contributed by atoms with van der Waals surface area (Å²) in [5.41, 5.74) is -0.0940. The fourth-order valence-electron chi connectivity index (χ4n) is 1.50. The molecule has 0 fully saturated rings. The summed E-state index contributed by atoms with van der Waals surface area (Å²) >= 11 is 0. The van der Waals surface area contributed by atoms with E-state index in [4.69, 9.17) is 5.11 Å². The fraction of sp³-hybridized carbons (Fsp3) is 0.333. The molecule has 0 aliphatic carbocycles. The molecule has 20 heavy (non-hydrogen) atoms. The first-order chi connectivity index (χ1) is 9.19. The van der Waals surface area contributed by atoms with Gasteiger partial charge in [-0.2, -0.15) is 0 Å². The molecule has 8 heteroatoms. The summed E-state index contributed by atoms with van der Waals surface area (Å²) < 4.78 is 21.8. The Hall–Kier alpha value is -2.09. The van der Waals surface area contributed by atoms with Crippen molar-refractivity contribution in [2.75, 3.05) is 17.3 Å². The van der Waals surface area contributed by atoms with Gasteiger partial charge in [-0.05, 0) is 24.6 Å². The number of amides is 1. The highest BCUT2D eigenvalue weighted by atomic mass is 32.2. The van der Waals surface area contributed by atoms with Crippen LogP contribution in [0.5, 0.6) is 5.75 Å². The van der Waals surface area contributed by atoms with E-state index >= 15 is 0 Å². The van der Waals surface area contributed by atoms with Gasteiger partial charge in [0.05, 0.1) is 5.75 Å². The molecular formula is C12H15NO6S. The van der Waals surface area contributed by atoms with Gasteiger partial charge in [-0.15, -0.1) is 0 Å². The molecule has 0 saturated heterocycles. The first kappa shape index (κ1) is 16.0. The van der Waals surface area contributed by atoms with Gasteiger partial charge in [-0.1, -0.05) is 0 Å². The van der Waals surface area contributed by atoms with Crippen LogP contribution >= 0.6 is 0 Å². The lowest BCUT2D eigenvalue weighted by Gasteiger charge is -2.07. The number of aromatic carboxylic acids is 1. The Balaban J connectivity index is 2.63. The number of hydrogen-bond acceptors (Lipinski definition) is 5. The Kier molecular flexibility index (Phi) is 5.09. The Morgan fingerprint density at radius 3 is 2.50 bits per heavy atom. The second-order valence-corrected chi connectivity index (χ2v) is 6.58. The van der Waals surface area contributed by atoms with Gasteiger partial charge in [0.2, 0.25) is 5.91 Å². The lowest BCUT2D eigenvalue weighted by molar-refractivity contribution is -0.116. The number of carbonyl (C=O) groups is 2. The summed E-state index contributed by atoms with van der Waals surface area (Å²) in [6.45, 7) is 0. The number of anilines is 1. The van der Waals surface area contributed by atoms with E-state index in [9.17, 15) is 23.1 Å². The second-order valence-electron chi connectivity index (χ2n) is 4.32. The normalized spacial score (nSPS) is 11.1. The van der Waals surface area contributed by atoms with E-state index in [1.165, 1.54) is 6.07 Å². The van der Waals surface area contributed by atoms with Crippen molar-refractivity contribution in [2.45, 2.75) is 12.8 Å². The van der Waals surface area contributed by atoms with Crippen molar-refractivity contribution in [3.63, 3.8) is 0 Å². The summed E-state index contributed by atoms with van der Waals surface area (Å²) in [4.78, 5) is 22.4. The quantitative estimate of drug-likeness (QED) is 0.670. The van der Waals surface area contributed by atoms with E-state index in [1.54, 1.807) is 0 Å². The Labute approximate surface area is 116 Å². The van der Waals surface area contributed by atoms with Crippen molar-refractivity contribution in [1.29, 1.82) is 0 Å². The van der Waals surface area contributed by atoms with Gasteiger partial charge in [-0.25, -0.2) is 13.2 Å². The summed E-state index contributed by atoms with van der Waals surface area (Å²) in [7, 11) is -3.11. The molecule has 0 saturated carbocycles. The highest BCUT2D eigenvalue weighted by Crippen LogP contribution is 2.21. The van der Waals surface area contributed by atoms with Crippen LogP contribution < -0.4 is 5.32 Å². The van der Waals surface area contributed by atoms with E-state index in [2.05, 4.69) is 5.32 Å². The predicted octanol–water partition coefficient (Wildman–Crippen LogP) is 0.854. The SMILES string of the molecule is CS(=O)(=O)CCCC(=O)Nc1ccc(O)c(C(=O)O)c1. The number of rotatable bonds is 6. The molecule has 0 unspecified atom stereocenters. The van der Waals surface area contributed by atoms with Crippen LogP contribution in [-0.2, 0) is 14.6 Å². The first-order valence-corrected chi connectivity index (χ1v) is 7.79. The van der Waals surface area contributed by atoms with E-state index in [0.29, 0.717) is 0 Å². The van der Waals surface area contributed by atoms with Crippen molar-refractivity contribution in [2.24, 2.45) is 0 Å². The Morgan fingerprint density at radius 2 is 1.95 bits per heavy atom. The molecule has 1 amide bonds. The van der Waals surface area contributed by atoms with Crippen molar-refractivity contribution >= 4 is 27.4 Å². The van der Waals surface area contributed by atoms with Crippen LogP contribution in [0.15, 0.2) is 18.2 Å². The number of carboxylic acids is 1. The van der Waals surface area contributed by atoms with Gasteiger partial charge in [0.1, 0.15) is 21.2 Å². The number of hydrogen-bond donors (Lipinski definition) is 3. The highest BCUT2D eigenvalue weighted by molar-refractivity contribution is 7.90. The average molecular weight is 301 g/mol. The topological polar surface area (TPSA) is 121 Å². The fourth-order valence-corrected chi connectivity index (χ4v) is 2.17. The molecule has 1 rings (SSSR count). The van der Waals surface area contributed by atoms with Crippen molar-refractivity contribution in [1.82, 2.24) is 0 Å². The van der Waals surface area contributed by atoms with E-state index in [-0.39, 0.29) is 29.8 Å². The molecule has 0 aliphatic heterocycles. The van der Waals surface area contributed by atoms with Crippen LogP contribution in [0.1, 0.15) is 23.2 Å². The monoisotopic (exact) mass is 301 g/mol. The van der Waals surface area contributed by atoms with Crippen LogP contribution in [0.4, 0.5) is 5.69 Å². The molecule has 0 radical (unpaired) electrons. The molecule has 7 nitrogen and oxygen atoms in total. The maximum atomic E-state index is 11.5. The lowest BCUT2D eigenvalue weighted by Crippen LogP contribution is -2.14. The Bertz CT molecular complexity index is 623. The smallest absolute Gasteiger partial charge is 0.339 e. The standard InChI is InChI=1S/C12H15NO6S/c1-20(18,19)6-2-3-11(15)13-8-4-5-10(14)9(7-8)12(16)17/h4-5,7,14H,2-3,6H2,1H3,(H,13,15)(H,16,17). The van der Waals surface area contributed by atoms with Gasteiger partial charge < -0.3 is 15.5 Å². The number of phenols is 1. The van der Waals surface area contributed by atoms with E-state index < -0.39 is 27.5 Å². The zero-order valence-corrected chi connectivity index (χ0v) is 11.6. The highest BCUT2D eigenvalue weighted by Gasteiger charge is 2.12. The molecule has 0 spiro atoms. The first-order valence-electron chi connectivity index (χ1n) is 5.73. The molecule has 0 aromatic heterocycles. The maximum absolute atomic E-state index is 11.5. The van der Waals surface area contributed by atoms with Crippen LogP contribution in [0.2, 0.25) is 0 Å². The van der Waals surface area contributed by atoms with Gasteiger partial charge in [0.25, 0.3) is 0 Å². The third kappa shape index (κ3) is 5.27. The lowest BCUT2D eigenvalue weighted by atomic mass is 10.1. The molecule has 3 N–H and O–H groups in total. The minimum absolute atomic E-state index is 0.0103. The number of aromatic hydroxyl groups is 1. The number of sulfone groups is 1. The zero-order chi connectivity index (χ0) is 15.3. The van der Waals surface area contributed by atoms with Gasteiger partial charge in [0, 0.05) is 18.4 Å². The van der Waals surface area contributed by atoms with Crippen LogP contribution in [-0.4, -0.2) is 42.5 Å². The minimum Gasteiger partial charge on any atom is -0.507 e. The molecule has 1 aromatic rings. The summed E-state index contributed by atoms with van der Waals surface area (Å²) in [5, 5.41) is 20.6. The Morgan fingerprint density at radius 1 is 1.30 bits per heavy atom. The van der Waals surface area contributed by atoms with Crippen molar-refractivity contribution in [3.8, 4) is 5.75 Å². The summed E-state index contributed by atoms with van der Waals surface area (Å²) in [6.07, 6.45) is 1.29. The number of carbonyl (C=O) groups excluding carboxylic acids is 1. The van der Waals surface area contributed by atoms with Crippen molar-refractivity contribution < 1.29 is 28.2 Å². The van der Waals surface area contributed by atoms with Gasteiger partial charge in [-0.3, -0.25) is 4.79 Å². The average Bonchev–Trinajstić information content (AvgIpc) is 2.29. The second kappa shape index (κ2) is 6.38. The van der Waals surface area contributed by atoms with Crippen LogP contribution in [0, 0.1) is 0 Å². The van der Waals surface area contributed by atoms with Gasteiger partial charge >= 0.3 is 5.97 Å². The number of carboxylic acid groups (broad SMARTS) is 1. The van der Waals surface area contributed by atoms with E-state index in [1.807, 2.05) is 0 Å². The van der Waals surface area contributed by atoms with Crippen molar-refractivity contribution in [3.05, 3.63) is 23.8 Å². The van der Waals surface area contributed by atoms with Gasteiger partial charge in [0.15, 0.2) is 0 Å². The maximum Gasteiger partial charge on any atom is 0.339 e. The van der Waals surface area contributed by atoms with Crippen LogP contribution in [0.3, 0.4) is 0 Å². The van der Waals surface area contributed by atoms with E-state index in [0.717, 1.165) is 18.4 Å². The number of benzene rings is 1.